The average molecular weight is 767 g/mol. The number of alkyl halides is 9. The molecule has 2 atom stereocenters. The Morgan fingerprint density at radius 2 is 1.57 bits per heavy atom. The van der Waals surface area contributed by atoms with E-state index in [4.69, 9.17) is 15.2 Å². The summed E-state index contributed by atoms with van der Waals surface area (Å²) in [6, 6.07) is 3.34. The topological polar surface area (TPSA) is 148 Å². The molecule has 19 heteroatoms. The molecule has 1 aromatic heterocycles. The number of aromatic nitrogens is 2. The molecule has 0 spiro atoms. The van der Waals surface area contributed by atoms with Gasteiger partial charge in [0.2, 0.25) is 0 Å². The van der Waals surface area contributed by atoms with E-state index in [0.717, 1.165) is 23.2 Å². The van der Waals surface area contributed by atoms with E-state index >= 15 is 0 Å². The van der Waals surface area contributed by atoms with Crippen molar-refractivity contribution in [3.8, 4) is 5.75 Å². The molecular formula is C34H35F9N4O6. The maximum Gasteiger partial charge on any atom is 0.416 e. The Labute approximate surface area is 296 Å². The highest BCUT2D eigenvalue weighted by molar-refractivity contribution is 5.92. The highest BCUT2D eigenvalue weighted by atomic mass is 19.4. The van der Waals surface area contributed by atoms with E-state index < -0.39 is 82.9 Å². The lowest BCUT2D eigenvalue weighted by Crippen LogP contribution is -2.62. The van der Waals surface area contributed by atoms with Gasteiger partial charge in [-0.2, -0.15) is 39.5 Å². The van der Waals surface area contributed by atoms with Crippen LogP contribution in [0.1, 0.15) is 85.3 Å². The number of amides is 1. The molecule has 0 saturated carbocycles. The number of carboxylic acid groups (broad SMARTS) is 1. The Kier molecular flexibility index (Phi) is 11.6. The number of carboxylic acids is 1. The molecular weight excluding hydrogens is 731 g/mol. The normalized spacial score (nSPS) is 18.1. The lowest BCUT2D eigenvalue weighted by molar-refractivity contribution is -0.149. The van der Waals surface area contributed by atoms with E-state index in [0.29, 0.717) is 18.2 Å². The quantitative estimate of drug-likeness (QED) is 0.133. The van der Waals surface area contributed by atoms with Crippen LogP contribution in [-0.2, 0) is 34.5 Å². The molecule has 4 N–H and O–H groups in total. The zero-order valence-electron chi connectivity index (χ0n) is 28.4. The first-order chi connectivity index (χ1) is 24.4. The van der Waals surface area contributed by atoms with Gasteiger partial charge in [0, 0.05) is 25.4 Å². The lowest BCUT2D eigenvalue weighted by Gasteiger charge is -2.47. The molecule has 0 bridgehead atoms. The molecule has 2 heterocycles. The first-order valence-electron chi connectivity index (χ1n) is 16.0. The third-order valence-electron chi connectivity index (χ3n) is 8.64. The Bertz CT molecular complexity index is 1800. The van der Waals surface area contributed by atoms with Crippen LogP contribution in [0.2, 0.25) is 0 Å². The van der Waals surface area contributed by atoms with Crippen molar-refractivity contribution in [1.82, 2.24) is 9.97 Å². The van der Waals surface area contributed by atoms with Gasteiger partial charge in [0.15, 0.2) is 5.75 Å². The fourth-order valence-corrected chi connectivity index (χ4v) is 5.59. The monoisotopic (exact) mass is 766 g/mol. The minimum absolute atomic E-state index is 0.0406. The van der Waals surface area contributed by atoms with E-state index in [1.165, 1.54) is 13.8 Å². The van der Waals surface area contributed by atoms with Gasteiger partial charge in [0.25, 0.3) is 0 Å². The Balaban J connectivity index is 1.90. The Hall–Kier alpha value is -4.65. The molecule has 1 amide bonds. The SMILES string of the molecule is CC[C@]1(N)C[C@H](c2ncc(OCCCO)c(Cc3cc(C(F)(F)F)cc(C(F)(F)F)c3)n2)c2cc(C(F)(F)F)ccc2N1C(=O)OCC(C)(C)C(=O)O. The maximum absolute atomic E-state index is 14.0. The van der Waals surface area contributed by atoms with Crippen LogP contribution in [0, 0.1) is 5.41 Å². The van der Waals surface area contributed by atoms with Gasteiger partial charge in [0.1, 0.15) is 18.1 Å². The number of carbonyl (C=O) groups excluding carboxylic acids is 1. The third-order valence-corrected chi connectivity index (χ3v) is 8.64. The van der Waals surface area contributed by atoms with E-state index in [9.17, 15) is 59.3 Å². The van der Waals surface area contributed by atoms with E-state index in [2.05, 4.69) is 9.97 Å². The van der Waals surface area contributed by atoms with Crippen molar-refractivity contribution in [3.05, 3.63) is 81.9 Å². The molecule has 0 radical (unpaired) electrons. The molecule has 290 valence electrons. The number of halogens is 9. The van der Waals surface area contributed by atoms with Crippen LogP contribution in [-0.4, -0.2) is 57.7 Å². The highest BCUT2D eigenvalue weighted by Crippen LogP contribution is 2.48. The van der Waals surface area contributed by atoms with Gasteiger partial charge in [-0.3, -0.25) is 9.69 Å². The summed E-state index contributed by atoms with van der Waals surface area (Å²) in [6.45, 7) is 2.99. The number of nitrogens with zero attached hydrogens (tertiary/aromatic N) is 3. The zero-order chi connectivity index (χ0) is 39.7. The van der Waals surface area contributed by atoms with Crippen LogP contribution in [0.25, 0.3) is 0 Å². The summed E-state index contributed by atoms with van der Waals surface area (Å²) >= 11 is 0. The van der Waals surface area contributed by atoms with Crippen LogP contribution in [0.4, 0.5) is 50.0 Å². The number of nitrogens with two attached hydrogens (primary N) is 1. The van der Waals surface area contributed by atoms with Gasteiger partial charge < -0.3 is 25.4 Å². The van der Waals surface area contributed by atoms with Crippen molar-refractivity contribution in [2.75, 3.05) is 24.7 Å². The number of aliphatic hydroxyl groups excluding tert-OH is 1. The second-order valence-corrected chi connectivity index (χ2v) is 13.1. The number of carbonyl (C=O) groups is 2. The van der Waals surface area contributed by atoms with Crippen molar-refractivity contribution in [3.63, 3.8) is 0 Å². The van der Waals surface area contributed by atoms with Gasteiger partial charge in [0.05, 0.1) is 46.3 Å². The minimum Gasteiger partial charge on any atom is -0.490 e. The number of fused-ring (bicyclic) bond motifs is 1. The molecule has 2 aromatic carbocycles. The smallest absolute Gasteiger partial charge is 0.416 e. The molecule has 3 aromatic rings. The average Bonchev–Trinajstić information content (AvgIpc) is 3.06. The van der Waals surface area contributed by atoms with Crippen molar-refractivity contribution in [2.24, 2.45) is 11.1 Å². The molecule has 4 rings (SSSR count). The second kappa shape index (κ2) is 15.0. The first kappa shape index (κ1) is 41.1. The summed E-state index contributed by atoms with van der Waals surface area (Å²) in [5, 5.41) is 18.7. The number of benzene rings is 2. The molecule has 1 aliphatic rings. The van der Waals surface area contributed by atoms with Crippen molar-refractivity contribution < 1.29 is 68.8 Å². The van der Waals surface area contributed by atoms with Crippen molar-refractivity contribution in [1.29, 1.82) is 0 Å². The summed E-state index contributed by atoms with van der Waals surface area (Å²) in [5.74, 6) is -2.98. The van der Waals surface area contributed by atoms with Gasteiger partial charge >= 0.3 is 30.6 Å². The summed E-state index contributed by atoms with van der Waals surface area (Å²) in [7, 11) is 0. The second-order valence-electron chi connectivity index (χ2n) is 13.1. The van der Waals surface area contributed by atoms with Crippen LogP contribution in [0.5, 0.6) is 5.75 Å². The Morgan fingerprint density at radius 3 is 2.09 bits per heavy atom. The summed E-state index contributed by atoms with van der Waals surface area (Å²) in [4.78, 5) is 34.7. The van der Waals surface area contributed by atoms with Crippen molar-refractivity contribution >= 4 is 17.7 Å². The number of hydrogen-bond acceptors (Lipinski definition) is 8. The number of aliphatic hydroxyl groups is 1. The lowest BCUT2D eigenvalue weighted by atomic mass is 9.80. The fraction of sp³-hybridized carbons (Fsp3) is 0.471. The molecule has 0 saturated heterocycles. The summed E-state index contributed by atoms with van der Waals surface area (Å²) in [5.41, 5.74) is -1.92. The van der Waals surface area contributed by atoms with Crippen LogP contribution in [0.15, 0.2) is 42.6 Å². The summed E-state index contributed by atoms with van der Waals surface area (Å²) in [6.07, 6.45) is -16.3. The molecule has 0 unspecified atom stereocenters. The highest BCUT2D eigenvalue weighted by Gasteiger charge is 2.48. The molecule has 1 aliphatic heterocycles. The number of ether oxygens (including phenoxy) is 2. The van der Waals surface area contributed by atoms with Crippen LogP contribution >= 0.6 is 0 Å². The molecule has 53 heavy (non-hydrogen) atoms. The third kappa shape index (κ3) is 9.30. The molecule has 0 aliphatic carbocycles. The molecule has 0 fully saturated rings. The predicted octanol–water partition coefficient (Wildman–Crippen LogP) is 7.54. The number of hydrogen-bond donors (Lipinski definition) is 3. The van der Waals surface area contributed by atoms with Crippen LogP contribution in [0.3, 0.4) is 0 Å². The predicted molar refractivity (Wildman–Crippen MR) is 169 cm³/mol. The standard InChI is InChI=1S/C34H35F9N4O6/c1-4-31(44)15-23(22-14-19(32(35,36)37)6-7-25(22)47(31)29(51)53-17-30(2,3)28(49)50)27-45-16-26(52-9-5-8-48)24(46-27)12-18-10-20(33(38,39)40)13-21(11-18)34(41,42)43/h6-7,10-11,13-14,16,23,48H,4-5,8-9,12,15,17,44H2,1-3H3,(H,49,50)/t23-,31+/m0/s1. The van der Waals surface area contributed by atoms with Crippen LogP contribution < -0.4 is 15.4 Å². The van der Waals surface area contributed by atoms with E-state index in [1.54, 1.807) is 6.92 Å². The number of aliphatic carboxylic acids is 1. The van der Waals surface area contributed by atoms with Crippen molar-refractivity contribution in [2.45, 2.75) is 76.6 Å². The van der Waals surface area contributed by atoms with E-state index in [-0.39, 0.29) is 67.1 Å². The largest absolute Gasteiger partial charge is 0.490 e. The molecule has 10 nitrogen and oxygen atoms in total. The van der Waals surface area contributed by atoms with Gasteiger partial charge in [-0.1, -0.05) is 6.92 Å². The Morgan fingerprint density at radius 1 is 0.962 bits per heavy atom. The maximum atomic E-state index is 14.0. The number of anilines is 1. The van der Waals surface area contributed by atoms with E-state index in [1.807, 2.05) is 0 Å². The zero-order valence-corrected chi connectivity index (χ0v) is 28.4. The van der Waals surface area contributed by atoms with Gasteiger partial charge in [-0.15, -0.1) is 0 Å². The van der Waals surface area contributed by atoms with Gasteiger partial charge in [-0.05, 0) is 74.2 Å². The minimum atomic E-state index is -5.16. The van der Waals surface area contributed by atoms with Gasteiger partial charge in [-0.25, -0.2) is 14.8 Å². The summed E-state index contributed by atoms with van der Waals surface area (Å²) < 4.78 is 135. The fourth-order valence-electron chi connectivity index (χ4n) is 5.59. The first-order valence-corrected chi connectivity index (χ1v) is 16.0. The number of rotatable bonds is 11.